The van der Waals surface area contributed by atoms with Gasteiger partial charge in [-0.1, -0.05) is 0 Å². The Morgan fingerprint density at radius 3 is 2.88 bits per heavy atom. The summed E-state index contributed by atoms with van der Waals surface area (Å²) in [5, 5.41) is 9.50. The molecule has 0 amide bonds. The zero-order chi connectivity index (χ0) is 11.0. The Morgan fingerprint density at radius 1 is 1.31 bits per heavy atom. The Kier molecular flexibility index (Phi) is 2.52. The molecule has 4 heteroatoms. The minimum absolute atomic E-state index is 0.193. The molecule has 1 aliphatic carbocycles. The van der Waals surface area contributed by atoms with Gasteiger partial charge in [-0.25, -0.2) is 9.97 Å². The molecule has 2 heterocycles. The van der Waals surface area contributed by atoms with Crippen LogP contribution in [0, 0.1) is 5.92 Å². The fraction of sp³-hybridized carbons (Fsp3) is 0.667. The zero-order valence-electron chi connectivity index (χ0n) is 9.34. The van der Waals surface area contributed by atoms with Crippen molar-refractivity contribution in [1.82, 2.24) is 9.97 Å². The van der Waals surface area contributed by atoms with Crippen molar-refractivity contribution in [3.05, 3.63) is 18.1 Å². The number of β-amino-alcohol motifs (C(OH)–C–C–N with tert-alkyl or cyclic N) is 1. The average Bonchev–Trinajstić information content (AvgIpc) is 2.98. The Labute approximate surface area is 95.3 Å². The Hall–Kier alpha value is -1.16. The van der Waals surface area contributed by atoms with Crippen LogP contribution < -0.4 is 4.90 Å². The number of aliphatic hydroxyl groups excluding tert-OH is 1. The third-order valence-electron chi connectivity index (χ3n) is 3.39. The summed E-state index contributed by atoms with van der Waals surface area (Å²) in [5.41, 5.74) is 1.15. The van der Waals surface area contributed by atoms with E-state index in [9.17, 15) is 5.11 Å². The smallest absolute Gasteiger partial charge is 0.132 e. The predicted octanol–water partition coefficient (Wildman–Crippen LogP) is 1.00. The SMILES string of the molecule is OC1CCN(c2cc(CC3CC3)ncn2)C1. The van der Waals surface area contributed by atoms with Gasteiger partial charge in [0.15, 0.2) is 0 Å². The first-order valence-electron chi connectivity index (χ1n) is 6.05. The molecule has 0 aromatic carbocycles. The highest BCUT2D eigenvalue weighted by Gasteiger charge is 2.24. The van der Waals surface area contributed by atoms with Gasteiger partial charge in [0.25, 0.3) is 0 Å². The second kappa shape index (κ2) is 4.01. The highest BCUT2D eigenvalue weighted by molar-refractivity contribution is 5.40. The van der Waals surface area contributed by atoms with Gasteiger partial charge >= 0.3 is 0 Å². The summed E-state index contributed by atoms with van der Waals surface area (Å²) >= 11 is 0. The van der Waals surface area contributed by atoms with Crippen LogP contribution in [0.1, 0.15) is 25.0 Å². The number of aliphatic hydroxyl groups is 1. The molecule has 1 saturated carbocycles. The molecule has 2 aliphatic rings. The zero-order valence-corrected chi connectivity index (χ0v) is 9.34. The van der Waals surface area contributed by atoms with Gasteiger partial charge in [-0.15, -0.1) is 0 Å². The quantitative estimate of drug-likeness (QED) is 0.824. The predicted molar refractivity (Wildman–Crippen MR) is 61.3 cm³/mol. The van der Waals surface area contributed by atoms with E-state index in [0.29, 0.717) is 6.54 Å². The maximum atomic E-state index is 9.50. The van der Waals surface area contributed by atoms with E-state index >= 15 is 0 Å². The fourth-order valence-corrected chi connectivity index (χ4v) is 2.24. The van der Waals surface area contributed by atoms with Crippen LogP contribution in [-0.2, 0) is 6.42 Å². The number of aromatic nitrogens is 2. The lowest BCUT2D eigenvalue weighted by Gasteiger charge is -2.16. The molecule has 1 N–H and O–H groups in total. The van der Waals surface area contributed by atoms with Gasteiger partial charge < -0.3 is 10.0 Å². The molecule has 3 rings (SSSR count). The summed E-state index contributed by atoms with van der Waals surface area (Å²) in [4.78, 5) is 10.7. The molecule has 86 valence electrons. The maximum absolute atomic E-state index is 9.50. The molecule has 2 fully saturated rings. The summed E-state index contributed by atoms with van der Waals surface area (Å²) < 4.78 is 0. The van der Waals surface area contributed by atoms with Gasteiger partial charge in [0, 0.05) is 24.8 Å². The summed E-state index contributed by atoms with van der Waals surface area (Å²) in [7, 11) is 0. The Balaban J connectivity index is 1.73. The summed E-state index contributed by atoms with van der Waals surface area (Å²) in [6.45, 7) is 1.61. The van der Waals surface area contributed by atoms with Crippen LogP contribution in [0.5, 0.6) is 0 Å². The lowest BCUT2D eigenvalue weighted by molar-refractivity contribution is 0.198. The van der Waals surface area contributed by atoms with Crippen LogP contribution in [0.15, 0.2) is 12.4 Å². The molecular weight excluding hydrogens is 202 g/mol. The number of rotatable bonds is 3. The molecule has 1 atom stereocenters. The van der Waals surface area contributed by atoms with E-state index in [1.165, 1.54) is 12.8 Å². The minimum atomic E-state index is -0.193. The van der Waals surface area contributed by atoms with Crippen LogP contribution in [0.3, 0.4) is 0 Å². The summed E-state index contributed by atoms with van der Waals surface area (Å²) in [6.07, 6.45) is 6.09. The van der Waals surface area contributed by atoms with Crippen molar-refractivity contribution in [1.29, 1.82) is 0 Å². The first kappa shape index (κ1) is 10.0. The van der Waals surface area contributed by atoms with Crippen molar-refractivity contribution in [3.8, 4) is 0 Å². The number of nitrogens with zero attached hydrogens (tertiary/aromatic N) is 3. The first-order valence-corrected chi connectivity index (χ1v) is 6.05. The Bertz CT molecular complexity index is 378. The van der Waals surface area contributed by atoms with Crippen LogP contribution in [0.2, 0.25) is 0 Å². The largest absolute Gasteiger partial charge is 0.391 e. The van der Waals surface area contributed by atoms with E-state index in [1.807, 2.05) is 0 Å². The minimum Gasteiger partial charge on any atom is -0.391 e. The third kappa shape index (κ3) is 2.16. The van der Waals surface area contributed by atoms with Crippen LogP contribution in [0.4, 0.5) is 5.82 Å². The van der Waals surface area contributed by atoms with Crippen molar-refractivity contribution < 1.29 is 5.11 Å². The molecule has 4 nitrogen and oxygen atoms in total. The van der Waals surface area contributed by atoms with Crippen molar-refractivity contribution in [3.63, 3.8) is 0 Å². The standard InChI is InChI=1S/C12H17N3O/c16-11-3-4-15(7-11)12-6-10(13-8-14-12)5-9-1-2-9/h6,8-9,11,16H,1-5,7H2. The second-order valence-electron chi connectivity index (χ2n) is 4.90. The van der Waals surface area contributed by atoms with Gasteiger partial charge in [0.05, 0.1) is 6.10 Å². The third-order valence-corrected chi connectivity index (χ3v) is 3.39. The molecule has 0 radical (unpaired) electrons. The van der Waals surface area contributed by atoms with E-state index < -0.39 is 0 Å². The molecule has 1 aliphatic heterocycles. The number of hydrogen-bond donors (Lipinski definition) is 1. The van der Waals surface area contributed by atoms with Crippen molar-refractivity contribution in [2.75, 3.05) is 18.0 Å². The van der Waals surface area contributed by atoms with Crippen LogP contribution in [0.25, 0.3) is 0 Å². The lowest BCUT2D eigenvalue weighted by atomic mass is 10.2. The molecule has 1 aromatic heterocycles. The second-order valence-corrected chi connectivity index (χ2v) is 4.90. The highest BCUT2D eigenvalue weighted by atomic mass is 16.3. The number of hydrogen-bond acceptors (Lipinski definition) is 4. The summed E-state index contributed by atoms with van der Waals surface area (Å²) in [6, 6.07) is 2.08. The molecule has 0 bridgehead atoms. The van der Waals surface area contributed by atoms with Gasteiger partial charge in [-0.2, -0.15) is 0 Å². The van der Waals surface area contributed by atoms with Crippen molar-refractivity contribution in [2.45, 2.75) is 31.8 Å². The van der Waals surface area contributed by atoms with Crippen LogP contribution in [-0.4, -0.2) is 34.3 Å². The number of anilines is 1. The van der Waals surface area contributed by atoms with E-state index in [0.717, 1.165) is 36.8 Å². The molecule has 1 aromatic rings. The fourth-order valence-electron chi connectivity index (χ4n) is 2.24. The van der Waals surface area contributed by atoms with Gasteiger partial charge in [0.1, 0.15) is 12.1 Å². The van der Waals surface area contributed by atoms with E-state index in [2.05, 4.69) is 20.9 Å². The molecule has 1 saturated heterocycles. The van der Waals surface area contributed by atoms with Gasteiger partial charge in [0.2, 0.25) is 0 Å². The average molecular weight is 219 g/mol. The van der Waals surface area contributed by atoms with Gasteiger partial charge in [-0.3, -0.25) is 0 Å². The van der Waals surface area contributed by atoms with Gasteiger partial charge in [-0.05, 0) is 31.6 Å². The van der Waals surface area contributed by atoms with E-state index in [1.54, 1.807) is 6.33 Å². The van der Waals surface area contributed by atoms with E-state index in [4.69, 9.17) is 0 Å². The van der Waals surface area contributed by atoms with Crippen molar-refractivity contribution in [2.24, 2.45) is 5.92 Å². The molecule has 0 spiro atoms. The lowest BCUT2D eigenvalue weighted by Crippen LogP contribution is -2.22. The summed E-state index contributed by atoms with van der Waals surface area (Å²) in [5.74, 6) is 1.83. The van der Waals surface area contributed by atoms with Crippen molar-refractivity contribution >= 4 is 5.82 Å². The topological polar surface area (TPSA) is 49.2 Å². The van der Waals surface area contributed by atoms with Crippen LogP contribution >= 0.6 is 0 Å². The normalized spacial score (nSPS) is 25.1. The van der Waals surface area contributed by atoms with E-state index in [-0.39, 0.29) is 6.10 Å². The first-order chi connectivity index (χ1) is 7.81. The maximum Gasteiger partial charge on any atom is 0.132 e. The molecule has 1 unspecified atom stereocenters. The molecule has 16 heavy (non-hydrogen) atoms. The monoisotopic (exact) mass is 219 g/mol. The highest BCUT2D eigenvalue weighted by Crippen LogP contribution is 2.32. The molecular formula is C12H17N3O. The Morgan fingerprint density at radius 2 is 2.19 bits per heavy atom.